The number of hydrogen-bond acceptors (Lipinski definition) is 2. The number of anilines is 4. The molecule has 2 aromatic rings. The summed E-state index contributed by atoms with van der Waals surface area (Å²) >= 11 is 0. The normalized spacial score (nSPS) is 14.4. The summed E-state index contributed by atoms with van der Waals surface area (Å²) in [6.07, 6.45) is 0. The van der Waals surface area contributed by atoms with Crippen LogP contribution < -0.4 is 9.80 Å². The van der Waals surface area contributed by atoms with Crippen LogP contribution >= 0.6 is 0 Å². The molecular weight excluding hydrogens is 292 g/mol. The summed E-state index contributed by atoms with van der Waals surface area (Å²) in [6, 6.07) is 17.6. The molecule has 1 aliphatic rings. The maximum absolute atomic E-state index is 2.49. The number of fused-ring (bicyclic) bond motifs is 2. The number of hydrogen-bond donors (Lipinski definition) is 0. The van der Waals surface area contributed by atoms with Crippen LogP contribution in [0.1, 0.15) is 41.5 Å². The van der Waals surface area contributed by atoms with E-state index in [9.17, 15) is 0 Å². The molecule has 128 valence electrons. The molecule has 0 saturated heterocycles. The van der Waals surface area contributed by atoms with E-state index in [1.807, 2.05) is 0 Å². The molecule has 1 aliphatic heterocycles. The van der Waals surface area contributed by atoms with Gasteiger partial charge in [-0.1, -0.05) is 65.8 Å². The van der Waals surface area contributed by atoms with Crippen LogP contribution in [0.3, 0.4) is 0 Å². The molecule has 1 heterocycles. The SMILES string of the molecule is CC(C)(C)CN1c2ccccc2N(CC(C)(C)C)c2ccccc21. The highest BCUT2D eigenvalue weighted by atomic mass is 15.3. The fourth-order valence-corrected chi connectivity index (χ4v) is 3.39. The van der Waals surface area contributed by atoms with E-state index >= 15 is 0 Å². The molecule has 0 spiro atoms. The highest BCUT2D eigenvalue weighted by Crippen LogP contribution is 2.49. The van der Waals surface area contributed by atoms with Crippen LogP contribution in [0.4, 0.5) is 22.7 Å². The van der Waals surface area contributed by atoms with Gasteiger partial charge in [-0.05, 0) is 35.1 Å². The van der Waals surface area contributed by atoms with Gasteiger partial charge >= 0.3 is 0 Å². The molecule has 0 fully saturated rings. The van der Waals surface area contributed by atoms with E-state index in [-0.39, 0.29) is 10.8 Å². The van der Waals surface area contributed by atoms with Gasteiger partial charge in [-0.3, -0.25) is 0 Å². The number of para-hydroxylation sites is 4. The zero-order valence-corrected chi connectivity index (χ0v) is 15.9. The van der Waals surface area contributed by atoms with Gasteiger partial charge in [0.15, 0.2) is 0 Å². The molecule has 2 nitrogen and oxygen atoms in total. The van der Waals surface area contributed by atoms with Crippen molar-refractivity contribution in [2.24, 2.45) is 10.8 Å². The molecule has 0 saturated carbocycles. The predicted molar refractivity (Wildman–Crippen MR) is 106 cm³/mol. The molecule has 0 aromatic heterocycles. The Hall–Kier alpha value is -1.96. The first-order valence-electron chi connectivity index (χ1n) is 8.89. The Morgan fingerprint density at radius 3 is 1.00 bits per heavy atom. The Labute approximate surface area is 147 Å². The van der Waals surface area contributed by atoms with Crippen LogP contribution in [0, 0.1) is 10.8 Å². The molecule has 0 bridgehead atoms. The third-order valence-electron chi connectivity index (χ3n) is 4.19. The third-order valence-corrected chi connectivity index (χ3v) is 4.19. The van der Waals surface area contributed by atoms with Gasteiger partial charge in [0.1, 0.15) is 0 Å². The Morgan fingerprint density at radius 1 is 0.542 bits per heavy atom. The fourth-order valence-electron chi connectivity index (χ4n) is 3.39. The van der Waals surface area contributed by atoms with Crippen molar-refractivity contribution in [3.05, 3.63) is 48.5 Å². The molecule has 24 heavy (non-hydrogen) atoms. The lowest BCUT2D eigenvalue weighted by molar-refractivity contribution is 0.417. The molecule has 0 aliphatic carbocycles. The van der Waals surface area contributed by atoms with Crippen molar-refractivity contribution in [2.45, 2.75) is 41.5 Å². The lowest BCUT2D eigenvalue weighted by Crippen LogP contribution is -2.37. The minimum absolute atomic E-state index is 0.229. The van der Waals surface area contributed by atoms with Crippen LogP contribution in [-0.2, 0) is 0 Å². The van der Waals surface area contributed by atoms with Crippen LogP contribution in [0.25, 0.3) is 0 Å². The number of nitrogens with zero attached hydrogens (tertiary/aromatic N) is 2. The summed E-state index contributed by atoms with van der Waals surface area (Å²) in [5.41, 5.74) is 5.72. The van der Waals surface area contributed by atoms with Crippen molar-refractivity contribution in [3.8, 4) is 0 Å². The molecule has 3 rings (SSSR count). The number of rotatable bonds is 2. The van der Waals surface area contributed by atoms with Crippen molar-refractivity contribution < 1.29 is 0 Å². The van der Waals surface area contributed by atoms with E-state index in [1.54, 1.807) is 0 Å². The predicted octanol–water partition coefficient (Wildman–Crippen LogP) is 6.37. The van der Waals surface area contributed by atoms with Crippen molar-refractivity contribution in [1.29, 1.82) is 0 Å². The van der Waals surface area contributed by atoms with Crippen molar-refractivity contribution >= 4 is 22.7 Å². The Balaban J connectivity index is 2.16. The van der Waals surface area contributed by atoms with Crippen molar-refractivity contribution in [2.75, 3.05) is 22.9 Å². The summed E-state index contributed by atoms with van der Waals surface area (Å²) in [4.78, 5) is 4.98. The van der Waals surface area contributed by atoms with E-state index in [0.29, 0.717) is 0 Å². The average molecular weight is 322 g/mol. The Bertz CT molecular complexity index is 610. The van der Waals surface area contributed by atoms with E-state index in [1.165, 1.54) is 22.7 Å². The van der Waals surface area contributed by atoms with Gasteiger partial charge in [0.25, 0.3) is 0 Å². The first-order chi connectivity index (χ1) is 11.2. The Morgan fingerprint density at radius 2 is 0.792 bits per heavy atom. The van der Waals surface area contributed by atoms with Crippen molar-refractivity contribution in [1.82, 2.24) is 0 Å². The minimum atomic E-state index is 0.229. The monoisotopic (exact) mass is 322 g/mol. The largest absolute Gasteiger partial charge is 0.338 e. The average Bonchev–Trinajstić information content (AvgIpc) is 2.48. The van der Waals surface area contributed by atoms with E-state index < -0.39 is 0 Å². The number of benzene rings is 2. The van der Waals surface area contributed by atoms with E-state index in [4.69, 9.17) is 0 Å². The van der Waals surface area contributed by atoms with Crippen LogP contribution in [-0.4, -0.2) is 13.1 Å². The highest BCUT2D eigenvalue weighted by molar-refractivity contribution is 5.93. The quantitative estimate of drug-likeness (QED) is 0.634. The maximum atomic E-state index is 2.49. The fraction of sp³-hybridized carbons (Fsp3) is 0.455. The van der Waals surface area contributed by atoms with Gasteiger partial charge in [-0.2, -0.15) is 0 Å². The van der Waals surface area contributed by atoms with Gasteiger partial charge in [-0.25, -0.2) is 0 Å². The van der Waals surface area contributed by atoms with Crippen LogP contribution in [0.2, 0.25) is 0 Å². The van der Waals surface area contributed by atoms with Gasteiger partial charge in [-0.15, -0.1) is 0 Å². The summed E-state index contributed by atoms with van der Waals surface area (Å²) in [7, 11) is 0. The topological polar surface area (TPSA) is 6.48 Å². The summed E-state index contributed by atoms with van der Waals surface area (Å²) in [6.45, 7) is 15.8. The van der Waals surface area contributed by atoms with Gasteiger partial charge in [0.2, 0.25) is 0 Å². The molecule has 0 atom stereocenters. The second-order valence-electron chi connectivity index (χ2n) is 9.27. The minimum Gasteiger partial charge on any atom is -0.338 e. The highest BCUT2D eigenvalue weighted by Gasteiger charge is 2.31. The van der Waals surface area contributed by atoms with Crippen LogP contribution in [0.5, 0.6) is 0 Å². The first kappa shape index (κ1) is 16.9. The first-order valence-corrected chi connectivity index (χ1v) is 8.89. The lowest BCUT2D eigenvalue weighted by atomic mass is 9.92. The zero-order valence-electron chi connectivity index (χ0n) is 15.9. The Kier molecular flexibility index (Phi) is 4.11. The summed E-state index contributed by atoms with van der Waals surface area (Å²) in [5, 5.41) is 0. The third kappa shape index (κ3) is 3.43. The maximum Gasteiger partial charge on any atom is 0.0652 e. The molecule has 0 amide bonds. The zero-order chi connectivity index (χ0) is 17.5. The molecule has 0 unspecified atom stereocenters. The van der Waals surface area contributed by atoms with Crippen LogP contribution in [0.15, 0.2) is 48.5 Å². The van der Waals surface area contributed by atoms with Gasteiger partial charge in [0, 0.05) is 13.1 Å². The summed E-state index contributed by atoms with van der Waals surface area (Å²) < 4.78 is 0. The van der Waals surface area contributed by atoms with Gasteiger partial charge in [0.05, 0.1) is 22.7 Å². The molecule has 0 N–H and O–H groups in total. The standard InChI is InChI=1S/C22H30N2/c1-21(2,3)15-23-17-11-7-9-13-19(17)24(16-22(4,5)6)20-14-10-8-12-18(20)23/h7-14H,15-16H2,1-6H3. The van der Waals surface area contributed by atoms with E-state index in [0.717, 1.165) is 13.1 Å². The van der Waals surface area contributed by atoms with Crippen molar-refractivity contribution in [3.63, 3.8) is 0 Å². The molecule has 2 heteroatoms. The summed E-state index contributed by atoms with van der Waals surface area (Å²) in [5.74, 6) is 0. The second-order valence-corrected chi connectivity index (χ2v) is 9.27. The van der Waals surface area contributed by atoms with E-state index in [2.05, 4.69) is 99.9 Å². The van der Waals surface area contributed by atoms with Gasteiger partial charge < -0.3 is 9.80 Å². The second kappa shape index (κ2) is 5.84. The molecular formula is C22H30N2. The smallest absolute Gasteiger partial charge is 0.0652 e. The molecule has 2 aromatic carbocycles. The lowest BCUT2D eigenvalue weighted by Gasteiger charge is -2.44. The molecule has 0 radical (unpaired) electrons.